The molecule has 0 aliphatic carbocycles. The van der Waals surface area contributed by atoms with Gasteiger partial charge in [0.05, 0.1) is 11.7 Å². The Morgan fingerprint density at radius 2 is 1.82 bits per heavy atom. The van der Waals surface area contributed by atoms with Crippen LogP contribution in [0.5, 0.6) is 0 Å². The number of hydrogen-bond acceptors (Lipinski definition) is 4. The molecule has 4 aromatic rings. The number of nitrogens with zero attached hydrogens (tertiary/aromatic N) is 2. The maximum Gasteiger partial charge on any atom is 0.221 e. The molecule has 5 rings (SSSR count). The van der Waals surface area contributed by atoms with Crippen LogP contribution in [-0.4, -0.2) is 16.0 Å². The molecule has 0 spiro atoms. The third kappa shape index (κ3) is 4.47. The summed E-state index contributed by atoms with van der Waals surface area (Å²) in [7, 11) is 0. The lowest BCUT2D eigenvalue weighted by Gasteiger charge is -2.26. The molecule has 1 saturated heterocycles. The first kappa shape index (κ1) is 22.3. The van der Waals surface area contributed by atoms with E-state index in [0.29, 0.717) is 5.11 Å². The predicted octanol–water partition coefficient (Wildman–Crippen LogP) is 6.24. The highest BCUT2D eigenvalue weighted by molar-refractivity contribution is 9.10. The number of furan rings is 1. The Kier molecular flexibility index (Phi) is 6.17. The van der Waals surface area contributed by atoms with Gasteiger partial charge in [-0.1, -0.05) is 34.1 Å². The van der Waals surface area contributed by atoms with Crippen molar-refractivity contribution in [3.05, 3.63) is 101 Å². The molecule has 170 valence electrons. The monoisotopic (exact) mass is 532 g/mol. The van der Waals surface area contributed by atoms with Gasteiger partial charge in [0, 0.05) is 34.5 Å². The van der Waals surface area contributed by atoms with Crippen molar-refractivity contribution in [1.29, 1.82) is 0 Å². The predicted molar refractivity (Wildman–Crippen MR) is 141 cm³/mol. The van der Waals surface area contributed by atoms with Crippen molar-refractivity contribution in [3.8, 4) is 11.3 Å². The summed E-state index contributed by atoms with van der Waals surface area (Å²) in [5, 5.41) is 6.81. The van der Waals surface area contributed by atoms with Crippen LogP contribution in [0.1, 0.15) is 30.5 Å². The summed E-state index contributed by atoms with van der Waals surface area (Å²) in [5.41, 5.74) is 3.47. The summed E-state index contributed by atoms with van der Waals surface area (Å²) in [6.07, 6.45) is 1.78. The van der Waals surface area contributed by atoms with Gasteiger partial charge in [-0.3, -0.25) is 9.78 Å². The van der Waals surface area contributed by atoms with Crippen LogP contribution < -0.4 is 15.5 Å². The molecule has 0 saturated carbocycles. The van der Waals surface area contributed by atoms with Crippen molar-refractivity contribution in [1.82, 2.24) is 10.3 Å². The van der Waals surface area contributed by atoms with E-state index in [2.05, 4.69) is 31.5 Å². The standard InChI is InChI=1S/C26H21BrN4O2S/c1-16(32)29-19-9-11-20(12-10-19)31-25(24(30-26(31)34)21-4-2-3-15-28-21)23-14-13-22(33-23)17-5-7-18(27)8-6-17/h2-15,24-25H,1H3,(H,29,32)(H,30,34)/t24-,25-/m1/s1. The van der Waals surface area contributed by atoms with Crippen molar-refractivity contribution in [2.24, 2.45) is 0 Å². The third-order valence-corrected chi connectivity index (χ3v) is 6.45. The first-order valence-corrected chi connectivity index (χ1v) is 11.9. The van der Waals surface area contributed by atoms with Crippen molar-refractivity contribution >= 4 is 50.5 Å². The fraction of sp³-hybridized carbons (Fsp3) is 0.115. The number of nitrogens with one attached hydrogen (secondary N) is 2. The zero-order valence-electron chi connectivity index (χ0n) is 18.2. The van der Waals surface area contributed by atoms with Crippen LogP contribution in [0.4, 0.5) is 11.4 Å². The number of aromatic nitrogens is 1. The highest BCUT2D eigenvalue weighted by Crippen LogP contribution is 2.43. The van der Waals surface area contributed by atoms with E-state index in [1.807, 2.05) is 83.8 Å². The molecule has 1 aliphatic heterocycles. The second-order valence-electron chi connectivity index (χ2n) is 7.93. The Bertz CT molecular complexity index is 1320. The maximum absolute atomic E-state index is 11.4. The van der Waals surface area contributed by atoms with Crippen molar-refractivity contribution in [2.45, 2.75) is 19.0 Å². The summed E-state index contributed by atoms with van der Waals surface area (Å²) in [5.74, 6) is 1.43. The van der Waals surface area contributed by atoms with Crippen molar-refractivity contribution in [3.63, 3.8) is 0 Å². The molecule has 0 unspecified atom stereocenters. The number of pyridine rings is 1. The lowest BCUT2D eigenvalue weighted by atomic mass is 10.0. The Morgan fingerprint density at radius 3 is 2.50 bits per heavy atom. The van der Waals surface area contributed by atoms with E-state index in [9.17, 15) is 4.79 Å². The number of benzene rings is 2. The van der Waals surface area contributed by atoms with Gasteiger partial charge in [-0.15, -0.1) is 0 Å². The summed E-state index contributed by atoms with van der Waals surface area (Å²) in [6.45, 7) is 1.49. The van der Waals surface area contributed by atoms with Gasteiger partial charge in [0.1, 0.15) is 17.6 Å². The minimum Gasteiger partial charge on any atom is -0.459 e. The van der Waals surface area contributed by atoms with Gasteiger partial charge in [0.15, 0.2) is 5.11 Å². The second kappa shape index (κ2) is 9.40. The van der Waals surface area contributed by atoms with Crippen LogP contribution in [0.25, 0.3) is 11.3 Å². The zero-order chi connectivity index (χ0) is 23.7. The van der Waals surface area contributed by atoms with Crippen molar-refractivity contribution in [2.75, 3.05) is 10.2 Å². The molecule has 1 aliphatic rings. The molecule has 0 radical (unpaired) electrons. The number of anilines is 2. The fourth-order valence-electron chi connectivity index (χ4n) is 4.11. The van der Waals surface area contributed by atoms with E-state index in [-0.39, 0.29) is 18.0 Å². The minimum absolute atomic E-state index is 0.116. The van der Waals surface area contributed by atoms with Gasteiger partial charge >= 0.3 is 0 Å². The van der Waals surface area contributed by atoms with E-state index < -0.39 is 0 Å². The first-order chi connectivity index (χ1) is 16.5. The average molecular weight is 533 g/mol. The molecular formula is C26H21BrN4O2S. The van der Waals surface area contributed by atoms with E-state index in [1.165, 1.54) is 6.92 Å². The van der Waals surface area contributed by atoms with Crippen molar-refractivity contribution < 1.29 is 9.21 Å². The number of carbonyl (C=O) groups excluding carboxylic acids is 1. The lowest BCUT2D eigenvalue weighted by Crippen LogP contribution is -2.29. The van der Waals surface area contributed by atoms with Gasteiger partial charge in [0.2, 0.25) is 5.91 Å². The summed E-state index contributed by atoms with van der Waals surface area (Å²) < 4.78 is 7.39. The lowest BCUT2D eigenvalue weighted by molar-refractivity contribution is -0.114. The molecule has 0 bridgehead atoms. The van der Waals surface area contributed by atoms with E-state index in [4.69, 9.17) is 16.6 Å². The first-order valence-electron chi connectivity index (χ1n) is 10.7. The van der Waals surface area contributed by atoms with Gasteiger partial charge in [-0.2, -0.15) is 0 Å². The van der Waals surface area contributed by atoms with Gasteiger partial charge in [0.25, 0.3) is 0 Å². The molecule has 2 atom stereocenters. The number of halogens is 1. The molecule has 3 heterocycles. The molecule has 8 heteroatoms. The molecule has 1 fully saturated rings. The van der Waals surface area contributed by atoms with Crippen LogP contribution in [0.2, 0.25) is 0 Å². The quantitative estimate of drug-likeness (QED) is 0.296. The Morgan fingerprint density at radius 1 is 1.06 bits per heavy atom. The SMILES string of the molecule is CC(=O)Nc1ccc(N2C(=S)N[C@H](c3ccccn3)[C@H]2c2ccc(-c3ccc(Br)cc3)o2)cc1. The molecule has 2 aromatic heterocycles. The number of rotatable bonds is 5. The number of hydrogen-bond donors (Lipinski definition) is 2. The Labute approximate surface area is 211 Å². The highest BCUT2D eigenvalue weighted by atomic mass is 79.9. The topological polar surface area (TPSA) is 70.4 Å². The third-order valence-electron chi connectivity index (χ3n) is 5.61. The molecular weight excluding hydrogens is 512 g/mol. The molecule has 2 N–H and O–H groups in total. The molecule has 2 aromatic carbocycles. The van der Waals surface area contributed by atoms with Crippen LogP contribution in [-0.2, 0) is 4.79 Å². The average Bonchev–Trinajstić information content (AvgIpc) is 3.45. The van der Waals surface area contributed by atoms with Crippen LogP contribution in [0, 0.1) is 0 Å². The van der Waals surface area contributed by atoms with Crippen LogP contribution in [0.15, 0.2) is 93.9 Å². The summed E-state index contributed by atoms with van der Waals surface area (Å²) >= 11 is 9.24. The van der Waals surface area contributed by atoms with Gasteiger partial charge in [-0.05, 0) is 72.9 Å². The van der Waals surface area contributed by atoms with Crippen LogP contribution >= 0.6 is 28.1 Å². The van der Waals surface area contributed by atoms with E-state index in [1.54, 1.807) is 6.20 Å². The minimum atomic E-state index is -0.252. The van der Waals surface area contributed by atoms with Gasteiger partial charge in [-0.25, -0.2) is 0 Å². The molecule has 34 heavy (non-hydrogen) atoms. The maximum atomic E-state index is 11.4. The Balaban J connectivity index is 1.55. The number of carbonyl (C=O) groups is 1. The molecule has 1 amide bonds. The normalized spacial score (nSPS) is 17.5. The highest BCUT2D eigenvalue weighted by Gasteiger charge is 2.42. The van der Waals surface area contributed by atoms with Crippen LogP contribution in [0.3, 0.4) is 0 Å². The van der Waals surface area contributed by atoms with Gasteiger partial charge < -0.3 is 20.0 Å². The number of amides is 1. The van der Waals surface area contributed by atoms with E-state index in [0.717, 1.165) is 38.6 Å². The zero-order valence-corrected chi connectivity index (χ0v) is 20.6. The number of thiocarbonyl (C=S) groups is 1. The molecule has 6 nitrogen and oxygen atoms in total. The smallest absolute Gasteiger partial charge is 0.221 e. The Hall–Kier alpha value is -3.49. The summed E-state index contributed by atoms with van der Waals surface area (Å²) in [4.78, 5) is 18.0. The summed E-state index contributed by atoms with van der Waals surface area (Å²) in [6, 6.07) is 25.0. The second-order valence-corrected chi connectivity index (χ2v) is 9.24. The largest absolute Gasteiger partial charge is 0.459 e. The fourth-order valence-corrected chi connectivity index (χ4v) is 4.72. The van der Waals surface area contributed by atoms with E-state index >= 15 is 0 Å².